The normalized spacial score (nSPS) is 16.2. The predicted octanol–water partition coefficient (Wildman–Crippen LogP) is 3.33. The fraction of sp³-hybridized carbons (Fsp3) is 0.700. The molecule has 1 aliphatic rings. The van der Waals surface area contributed by atoms with Crippen molar-refractivity contribution in [1.29, 1.82) is 0 Å². The summed E-state index contributed by atoms with van der Waals surface area (Å²) < 4.78 is 12.5. The van der Waals surface area contributed by atoms with Crippen molar-refractivity contribution in [2.75, 3.05) is 12.8 Å². The van der Waals surface area contributed by atoms with Crippen LogP contribution >= 0.6 is 0 Å². The number of methoxy groups -OCH3 is 1. The van der Waals surface area contributed by atoms with Crippen LogP contribution in [0.2, 0.25) is 0 Å². The number of nitrogens with zero attached hydrogens (tertiary/aromatic N) is 4. The molecule has 1 fully saturated rings. The molecule has 8 heteroatoms. The van der Waals surface area contributed by atoms with Gasteiger partial charge in [0.25, 0.3) is 0 Å². The quantitative estimate of drug-likeness (QED) is 0.656. The molecule has 3 rings (SSSR count). The smallest absolute Gasteiger partial charge is 0.336 e. The summed E-state index contributed by atoms with van der Waals surface area (Å²) >= 11 is 0. The minimum atomic E-state index is -0.245. The first kappa shape index (κ1) is 20.4. The molecule has 2 N–H and O–H groups in total. The summed E-state index contributed by atoms with van der Waals surface area (Å²) in [5.74, 6) is 0.732. The number of anilines is 1. The maximum atomic E-state index is 11.5. The van der Waals surface area contributed by atoms with Crippen molar-refractivity contribution in [3.8, 4) is 6.01 Å². The Morgan fingerprint density at radius 3 is 2.82 bits per heavy atom. The van der Waals surface area contributed by atoms with Crippen LogP contribution < -0.4 is 10.5 Å². The van der Waals surface area contributed by atoms with E-state index in [2.05, 4.69) is 22.0 Å². The summed E-state index contributed by atoms with van der Waals surface area (Å²) in [6.07, 6.45) is 11.7. The largest absolute Gasteiger partial charge is 0.469 e. The third-order valence-corrected chi connectivity index (χ3v) is 5.44. The van der Waals surface area contributed by atoms with Gasteiger partial charge in [-0.3, -0.25) is 4.79 Å². The molecule has 1 atom stereocenters. The molecule has 0 aromatic carbocycles. The Labute approximate surface area is 165 Å². The second-order valence-electron chi connectivity index (χ2n) is 7.62. The number of nitrogen functional groups attached to an aromatic ring is 1. The average Bonchev–Trinajstić information content (AvgIpc) is 3.10. The molecule has 28 heavy (non-hydrogen) atoms. The van der Waals surface area contributed by atoms with Gasteiger partial charge in [-0.1, -0.05) is 45.4 Å². The molecule has 0 bridgehead atoms. The van der Waals surface area contributed by atoms with E-state index in [0.29, 0.717) is 30.2 Å². The van der Waals surface area contributed by atoms with Gasteiger partial charge in [-0.2, -0.15) is 4.98 Å². The number of carbonyl (C=O) groups is 1. The molecular weight excluding hydrogens is 358 g/mol. The van der Waals surface area contributed by atoms with Crippen LogP contribution in [0.4, 0.5) is 5.82 Å². The number of esters is 1. The Kier molecular flexibility index (Phi) is 7.06. The Morgan fingerprint density at radius 2 is 2.11 bits per heavy atom. The predicted molar refractivity (Wildman–Crippen MR) is 106 cm³/mol. The number of aromatic nitrogens is 4. The lowest BCUT2D eigenvalue weighted by Crippen LogP contribution is -2.21. The van der Waals surface area contributed by atoms with E-state index in [1.54, 1.807) is 4.52 Å². The van der Waals surface area contributed by atoms with Gasteiger partial charge in [-0.25, -0.2) is 9.50 Å². The van der Waals surface area contributed by atoms with Gasteiger partial charge in [0.1, 0.15) is 6.10 Å². The van der Waals surface area contributed by atoms with Gasteiger partial charge in [0, 0.05) is 6.42 Å². The van der Waals surface area contributed by atoms with E-state index in [-0.39, 0.29) is 18.1 Å². The summed E-state index contributed by atoms with van der Waals surface area (Å²) in [5.41, 5.74) is 7.72. The van der Waals surface area contributed by atoms with Crippen LogP contribution in [0.25, 0.3) is 5.65 Å². The van der Waals surface area contributed by atoms with E-state index in [9.17, 15) is 4.79 Å². The van der Waals surface area contributed by atoms with Crippen molar-refractivity contribution < 1.29 is 14.3 Å². The Hall–Kier alpha value is -2.38. The third-order valence-electron chi connectivity index (χ3n) is 5.44. The van der Waals surface area contributed by atoms with Crippen LogP contribution in [0.15, 0.2) is 6.20 Å². The molecule has 1 aliphatic carbocycles. The average molecular weight is 390 g/mol. The van der Waals surface area contributed by atoms with E-state index in [4.69, 9.17) is 15.2 Å². The van der Waals surface area contributed by atoms with E-state index < -0.39 is 0 Å². The van der Waals surface area contributed by atoms with Gasteiger partial charge in [0.05, 0.1) is 19.0 Å². The van der Waals surface area contributed by atoms with Crippen molar-refractivity contribution in [3.05, 3.63) is 11.9 Å². The number of hydrogen-bond acceptors (Lipinski definition) is 7. The van der Waals surface area contributed by atoms with Crippen LogP contribution in [-0.2, 0) is 16.0 Å². The van der Waals surface area contributed by atoms with Crippen LogP contribution in [0.5, 0.6) is 6.01 Å². The third kappa shape index (κ3) is 5.11. The fourth-order valence-corrected chi connectivity index (χ4v) is 3.92. The molecule has 0 radical (unpaired) electrons. The summed E-state index contributed by atoms with van der Waals surface area (Å²) in [6, 6.07) is 0.233. The van der Waals surface area contributed by atoms with Crippen molar-refractivity contribution in [1.82, 2.24) is 19.6 Å². The minimum Gasteiger partial charge on any atom is -0.469 e. The zero-order valence-electron chi connectivity index (χ0n) is 16.9. The Balaban J connectivity index is 1.76. The van der Waals surface area contributed by atoms with Crippen molar-refractivity contribution in [2.24, 2.45) is 5.92 Å². The molecule has 0 saturated heterocycles. The number of rotatable bonds is 9. The summed E-state index contributed by atoms with van der Waals surface area (Å²) in [6.45, 7) is 2.07. The lowest BCUT2D eigenvalue weighted by molar-refractivity contribution is -0.141. The highest BCUT2D eigenvalue weighted by atomic mass is 16.5. The second-order valence-corrected chi connectivity index (χ2v) is 7.62. The molecule has 2 aromatic rings. The molecule has 154 valence electrons. The van der Waals surface area contributed by atoms with Crippen LogP contribution in [0.1, 0.15) is 70.4 Å². The number of fused-ring (bicyclic) bond motifs is 1. The van der Waals surface area contributed by atoms with Gasteiger partial charge in [0.2, 0.25) is 0 Å². The lowest BCUT2D eigenvalue weighted by atomic mass is 9.86. The van der Waals surface area contributed by atoms with E-state index in [1.807, 2.05) is 6.20 Å². The van der Waals surface area contributed by atoms with Crippen molar-refractivity contribution >= 4 is 17.4 Å². The van der Waals surface area contributed by atoms with Crippen LogP contribution in [0.3, 0.4) is 0 Å². The highest BCUT2D eigenvalue weighted by Crippen LogP contribution is 2.27. The number of nitrogens with two attached hydrogens (primary N) is 1. The van der Waals surface area contributed by atoms with E-state index in [1.165, 1.54) is 39.2 Å². The summed E-state index contributed by atoms with van der Waals surface area (Å²) in [7, 11) is 1.39. The first-order valence-corrected chi connectivity index (χ1v) is 10.3. The van der Waals surface area contributed by atoms with Gasteiger partial charge in [-0.05, 0) is 25.2 Å². The highest BCUT2D eigenvalue weighted by molar-refractivity contribution is 5.69. The molecule has 0 spiro atoms. The zero-order chi connectivity index (χ0) is 19.9. The maximum Gasteiger partial charge on any atom is 0.336 e. The highest BCUT2D eigenvalue weighted by Gasteiger charge is 2.20. The molecule has 0 aliphatic heterocycles. The van der Waals surface area contributed by atoms with Crippen LogP contribution in [0, 0.1) is 5.92 Å². The SMILES string of the molecule is CCCC(CCC(=O)OC)Oc1nc(N)c2ncc(CC3CCCCC3)n2n1. The van der Waals surface area contributed by atoms with Crippen LogP contribution in [-0.4, -0.2) is 38.8 Å². The molecule has 1 unspecified atom stereocenters. The molecule has 1 saturated carbocycles. The maximum absolute atomic E-state index is 11.5. The standard InChI is InChI=1S/C20H31N5O3/c1-3-7-16(10-11-17(26)27-2)28-20-23-18(21)19-22-13-15(25(19)24-20)12-14-8-5-4-6-9-14/h13-14,16H,3-12H2,1-2H3,(H2,21,23,24). The second kappa shape index (κ2) is 9.71. The first-order chi connectivity index (χ1) is 13.6. The number of imidazole rings is 1. The number of hydrogen-bond donors (Lipinski definition) is 1. The number of ether oxygens (including phenoxy) is 2. The van der Waals surface area contributed by atoms with Crippen molar-refractivity contribution in [3.63, 3.8) is 0 Å². The first-order valence-electron chi connectivity index (χ1n) is 10.3. The van der Waals surface area contributed by atoms with E-state index in [0.717, 1.165) is 25.0 Å². The summed E-state index contributed by atoms with van der Waals surface area (Å²) in [5, 5.41) is 4.56. The Bertz CT molecular complexity index is 785. The monoisotopic (exact) mass is 389 g/mol. The minimum absolute atomic E-state index is 0.161. The van der Waals surface area contributed by atoms with Gasteiger partial charge in [0.15, 0.2) is 11.5 Å². The molecule has 0 amide bonds. The van der Waals surface area contributed by atoms with Gasteiger partial charge < -0.3 is 15.2 Å². The van der Waals surface area contributed by atoms with E-state index >= 15 is 0 Å². The zero-order valence-corrected chi connectivity index (χ0v) is 16.9. The number of carbonyl (C=O) groups excluding carboxylic acids is 1. The Morgan fingerprint density at radius 1 is 1.32 bits per heavy atom. The van der Waals surface area contributed by atoms with Gasteiger partial charge in [-0.15, -0.1) is 5.10 Å². The molecule has 8 nitrogen and oxygen atoms in total. The fourth-order valence-electron chi connectivity index (χ4n) is 3.92. The molecular formula is C20H31N5O3. The van der Waals surface area contributed by atoms with Crippen molar-refractivity contribution in [2.45, 2.75) is 77.2 Å². The summed E-state index contributed by atoms with van der Waals surface area (Å²) in [4.78, 5) is 20.1. The van der Waals surface area contributed by atoms with Gasteiger partial charge >= 0.3 is 12.0 Å². The lowest BCUT2D eigenvalue weighted by Gasteiger charge is -2.21. The molecule has 2 heterocycles. The molecule has 2 aromatic heterocycles. The topological polar surface area (TPSA) is 105 Å².